The van der Waals surface area contributed by atoms with Gasteiger partial charge in [-0.05, 0) is 43.4 Å². The lowest BCUT2D eigenvalue weighted by Gasteiger charge is -2.13. The highest BCUT2D eigenvalue weighted by Crippen LogP contribution is 2.35. The van der Waals surface area contributed by atoms with Crippen molar-refractivity contribution in [2.24, 2.45) is 5.92 Å². The van der Waals surface area contributed by atoms with Crippen molar-refractivity contribution in [3.8, 4) is 23.1 Å². The van der Waals surface area contributed by atoms with Gasteiger partial charge in [-0.1, -0.05) is 30.4 Å². The summed E-state index contributed by atoms with van der Waals surface area (Å²) >= 11 is 6.39. The molecule has 1 aromatic carbocycles. The molecule has 0 bridgehead atoms. The monoisotopic (exact) mass is 424 g/mol. The zero-order valence-corrected chi connectivity index (χ0v) is 17.9. The summed E-state index contributed by atoms with van der Waals surface area (Å²) in [5.74, 6) is 6.94. The smallest absolute Gasteiger partial charge is 0.220 e. The topological polar surface area (TPSA) is 86.2 Å². The van der Waals surface area contributed by atoms with E-state index in [9.17, 15) is 5.11 Å². The molecule has 0 amide bonds. The molecule has 30 heavy (non-hydrogen) atoms. The van der Waals surface area contributed by atoms with Gasteiger partial charge in [-0.15, -0.1) is 0 Å². The molecule has 7 heteroatoms. The van der Waals surface area contributed by atoms with Crippen LogP contribution in [0.1, 0.15) is 31.7 Å². The number of nitrogen functional groups attached to an aromatic ring is 1. The highest BCUT2D eigenvalue weighted by Gasteiger charge is 2.33. The Morgan fingerprint density at radius 2 is 2.27 bits per heavy atom. The fourth-order valence-electron chi connectivity index (χ4n) is 4.08. The van der Waals surface area contributed by atoms with Gasteiger partial charge in [0.15, 0.2) is 0 Å². The maximum absolute atomic E-state index is 10.7. The van der Waals surface area contributed by atoms with Crippen molar-refractivity contribution in [3.05, 3.63) is 41.2 Å². The molecule has 1 aliphatic rings. The maximum Gasteiger partial charge on any atom is 0.220 e. The Morgan fingerprint density at radius 3 is 3.00 bits per heavy atom. The SMILES string of the molecule is COCCn1cc(-c2nc(N)ncc2Cl)c2cc(C#CC3(O)CC[C@@H](C)C3)ccc21. The fourth-order valence-corrected chi connectivity index (χ4v) is 4.27. The summed E-state index contributed by atoms with van der Waals surface area (Å²) in [5, 5.41) is 12.1. The van der Waals surface area contributed by atoms with E-state index in [4.69, 9.17) is 22.1 Å². The van der Waals surface area contributed by atoms with E-state index in [1.165, 1.54) is 6.20 Å². The largest absolute Gasteiger partial charge is 0.383 e. The van der Waals surface area contributed by atoms with E-state index >= 15 is 0 Å². The zero-order valence-electron chi connectivity index (χ0n) is 17.2. The minimum absolute atomic E-state index is 0.167. The van der Waals surface area contributed by atoms with E-state index in [1.807, 2.05) is 24.4 Å². The number of ether oxygens (including phenoxy) is 1. The number of halogens is 1. The first kappa shape index (κ1) is 20.7. The number of aliphatic hydroxyl groups is 1. The van der Waals surface area contributed by atoms with Crippen LogP contribution >= 0.6 is 11.6 Å². The molecule has 2 heterocycles. The third-order valence-corrected chi connectivity index (χ3v) is 5.89. The van der Waals surface area contributed by atoms with E-state index < -0.39 is 5.60 Å². The van der Waals surface area contributed by atoms with Gasteiger partial charge in [0.1, 0.15) is 5.60 Å². The number of aromatic nitrogens is 3. The van der Waals surface area contributed by atoms with E-state index in [-0.39, 0.29) is 5.95 Å². The second kappa shape index (κ2) is 8.27. The quantitative estimate of drug-likeness (QED) is 0.620. The molecule has 3 N–H and O–H groups in total. The van der Waals surface area contributed by atoms with Crippen molar-refractivity contribution in [2.75, 3.05) is 19.5 Å². The Balaban J connectivity index is 1.81. The standard InChI is InChI=1S/C23H25ClN4O2/c1-15-5-7-23(29,12-15)8-6-16-3-4-20-17(11-16)18(14-28(20)9-10-30-2)21-19(24)13-26-22(25)27-21/h3-4,11,13-15,29H,5,7,9-10,12H2,1-2H3,(H2,25,26,27)/t15-,23?/m1/s1. The number of hydrogen-bond acceptors (Lipinski definition) is 5. The Kier molecular flexibility index (Phi) is 5.70. The average Bonchev–Trinajstić information content (AvgIpc) is 3.26. The maximum atomic E-state index is 10.7. The van der Waals surface area contributed by atoms with Crippen LogP contribution in [0.5, 0.6) is 0 Å². The number of rotatable bonds is 4. The molecule has 2 aromatic heterocycles. The normalized spacial score (nSPS) is 21.0. The first-order valence-corrected chi connectivity index (χ1v) is 10.4. The van der Waals surface area contributed by atoms with Crippen molar-refractivity contribution in [1.82, 2.24) is 14.5 Å². The van der Waals surface area contributed by atoms with Gasteiger partial charge in [0.05, 0.1) is 23.5 Å². The summed E-state index contributed by atoms with van der Waals surface area (Å²) in [6, 6.07) is 6.01. The molecule has 1 saturated carbocycles. The molecule has 6 nitrogen and oxygen atoms in total. The van der Waals surface area contributed by atoms with E-state index in [1.54, 1.807) is 7.11 Å². The molecule has 2 atom stereocenters. The van der Waals surface area contributed by atoms with Gasteiger partial charge in [-0.3, -0.25) is 0 Å². The van der Waals surface area contributed by atoms with Gasteiger partial charge in [0.25, 0.3) is 0 Å². The number of fused-ring (bicyclic) bond motifs is 1. The van der Waals surface area contributed by atoms with Gasteiger partial charge in [-0.25, -0.2) is 9.97 Å². The molecule has 156 valence electrons. The highest BCUT2D eigenvalue weighted by molar-refractivity contribution is 6.33. The van der Waals surface area contributed by atoms with Crippen molar-refractivity contribution in [2.45, 2.75) is 38.3 Å². The van der Waals surface area contributed by atoms with Crippen LogP contribution in [0.4, 0.5) is 5.95 Å². The van der Waals surface area contributed by atoms with E-state index in [0.29, 0.717) is 29.8 Å². The molecule has 4 rings (SSSR count). The molecule has 0 spiro atoms. The van der Waals surface area contributed by atoms with Crippen LogP contribution in [0, 0.1) is 17.8 Å². The number of nitrogens with zero attached hydrogens (tertiary/aromatic N) is 3. The van der Waals surface area contributed by atoms with E-state index in [0.717, 1.165) is 41.3 Å². The van der Waals surface area contributed by atoms with Gasteiger partial charge >= 0.3 is 0 Å². The first-order valence-electron chi connectivity index (χ1n) is 10.0. The summed E-state index contributed by atoms with van der Waals surface area (Å²) in [5.41, 5.74) is 8.21. The minimum Gasteiger partial charge on any atom is -0.383 e. The molecule has 1 fully saturated rings. The molecule has 1 unspecified atom stereocenters. The number of hydrogen-bond donors (Lipinski definition) is 2. The Hall–Kier alpha value is -2.59. The van der Waals surface area contributed by atoms with Crippen LogP contribution in [-0.2, 0) is 11.3 Å². The van der Waals surface area contributed by atoms with Crippen LogP contribution in [-0.4, -0.2) is 39.0 Å². The van der Waals surface area contributed by atoms with Gasteiger partial charge in [-0.2, -0.15) is 0 Å². The van der Waals surface area contributed by atoms with Gasteiger partial charge in [0, 0.05) is 41.9 Å². The Bertz CT molecular complexity index is 1150. The molecule has 0 radical (unpaired) electrons. The van der Waals surface area contributed by atoms with Crippen LogP contribution in [0.3, 0.4) is 0 Å². The summed E-state index contributed by atoms with van der Waals surface area (Å²) in [7, 11) is 1.68. The predicted octanol–water partition coefficient (Wildman–Crippen LogP) is 3.88. The minimum atomic E-state index is -0.897. The number of methoxy groups -OCH3 is 1. The highest BCUT2D eigenvalue weighted by atomic mass is 35.5. The average molecular weight is 425 g/mol. The number of anilines is 1. The number of benzene rings is 1. The number of nitrogens with two attached hydrogens (primary N) is 1. The van der Waals surface area contributed by atoms with Crippen LogP contribution in [0.15, 0.2) is 30.6 Å². The molecule has 0 aliphatic heterocycles. The van der Waals surface area contributed by atoms with Crippen LogP contribution < -0.4 is 5.73 Å². The van der Waals surface area contributed by atoms with Crippen molar-refractivity contribution >= 4 is 28.5 Å². The van der Waals surface area contributed by atoms with Crippen LogP contribution in [0.2, 0.25) is 5.02 Å². The predicted molar refractivity (Wildman–Crippen MR) is 119 cm³/mol. The van der Waals surface area contributed by atoms with Crippen molar-refractivity contribution in [3.63, 3.8) is 0 Å². The van der Waals surface area contributed by atoms with Gasteiger partial charge in [0.2, 0.25) is 5.95 Å². The van der Waals surface area contributed by atoms with Gasteiger partial charge < -0.3 is 20.1 Å². The zero-order chi connectivity index (χ0) is 21.3. The second-order valence-electron chi connectivity index (χ2n) is 8.02. The fraction of sp³-hybridized carbons (Fsp3) is 0.391. The third kappa shape index (κ3) is 4.15. The Morgan fingerprint density at radius 1 is 1.43 bits per heavy atom. The lowest BCUT2D eigenvalue weighted by molar-refractivity contribution is 0.106. The van der Waals surface area contributed by atoms with Crippen LogP contribution in [0.25, 0.3) is 22.2 Å². The Labute approximate surface area is 181 Å². The summed E-state index contributed by atoms with van der Waals surface area (Å²) < 4.78 is 7.35. The third-order valence-electron chi connectivity index (χ3n) is 5.61. The van der Waals surface area contributed by atoms with Crippen molar-refractivity contribution < 1.29 is 9.84 Å². The first-order chi connectivity index (χ1) is 14.4. The molecule has 1 aliphatic carbocycles. The molecular formula is C23H25ClN4O2. The summed E-state index contributed by atoms with van der Waals surface area (Å²) in [6.45, 7) is 3.42. The summed E-state index contributed by atoms with van der Waals surface area (Å²) in [6.07, 6.45) is 5.96. The van der Waals surface area contributed by atoms with Crippen molar-refractivity contribution in [1.29, 1.82) is 0 Å². The lowest BCUT2D eigenvalue weighted by atomic mass is 10.0. The molecule has 0 saturated heterocycles. The lowest BCUT2D eigenvalue weighted by Crippen LogP contribution is -2.21. The second-order valence-corrected chi connectivity index (χ2v) is 8.42. The summed E-state index contributed by atoms with van der Waals surface area (Å²) in [4.78, 5) is 8.32. The molecular weight excluding hydrogens is 400 g/mol. The van der Waals surface area contributed by atoms with E-state index in [2.05, 4.69) is 33.3 Å². The molecule has 3 aromatic rings.